The Morgan fingerprint density at radius 1 is 0.920 bits per heavy atom. The Kier molecular flexibility index (Phi) is 4.30. The number of carbonyl (C=O) groups is 2. The van der Waals surface area contributed by atoms with E-state index in [-0.39, 0.29) is 17.7 Å². The average molecular weight is 337 g/mol. The van der Waals surface area contributed by atoms with E-state index in [9.17, 15) is 9.59 Å². The summed E-state index contributed by atoms with van der Waals surface area (Å²) in [5.74, 6) is 0.599. The topological polar surface area (TPSA) is 54.3 Å². The number of nitrogens with zero attached hydrogens (tertiary/aromatic N) is 2. The number of likely N-dealkylation sites (tertiary alicyclic amines) is 1. The van der Waals surface area contributed by atoms with E-state index in [1.54, 1.807) is 0 Å². The van der Waals surface area contributed by atoms with Crippen LogP contribution in [-0.4, -0.2) is 34.4 Å². The molecular weight excluding hydrogens is 314 g/mol. The molecule has 25 heavy (non-hydrogen) atoms. The molecule has 0 bridgehead atoms. The maximum atomic E-state index is 12.6. The number of benzene rings is 1. The van der Waals surface area contributed by atoms with Crippen LogP contribution >= 0.6 is 0 Å². The van der Waals surface area contributed by atoms with Crippen molar-refractivity contribution < 1.29 is 9.59 Å². The molecule has 5 heteroatoms. The first kappa shape index (κ1) is 15.9. The summed E-state index contributed by atoms with van der Waals surface area (Å²) in [5, 5.41) is 3.04. The van der Waals surface area contributed by atoms with E-state index in [2.05, 4.69) is 5.32 Å². The Bertz CT molecular complexity index is 757. The molecule has 1 aliphatic carbocycles. The normalized spacial score (nSPS) is 18.2. The summed E-state index contributed by atoms with van der Waals surface area (Å²) >= 11 is 0. The Balaban J connectivity index is 1.35. The average Bonchev–Trinajstić information content (AvgIpc) is 3.35. The Hall–Kier alpha value is -2.56. The zero-order chi connectivity index (χ0) is 17.2. The smallest absolute Gasteiger partial charge is 0.227 e. The summed E-state index contributed by atoms with van der Waals surface area (Å²) in [6.45, 7) is 1.41. The van der Waals surface area contributed by atoms with Gasteiger partial charge in [-0.25, -0.2) is 0 Å². The Morgan fingerprint density at radius 3 is 2.32 bits per heavy atom. The number of nitrogens with one attached hydrogen (secondary N) is 1. The van der Waals surface area contributed by atoms with Crippen molar-refractivity contribution in [2.24, 2.45) is 11.8 Å². The maximum absolute atomic E-state index is 12.6. The largest absolute Gasteiger partial charge is 0.342 e. The molecule has 130 valence electrons. The summed E-state index contributed by atoms with van der Waals surface area (Å²) < 4.78 is 2.01. The predicted octanol–water partition coefficient (Wildman–Crippen LogP) is 3.06. The van der Waals surface area contributed by atoms with E-state index in [1.807, 2.05) is 58.3 Å². The van der Waals surface area contributed by atoms with E-state index in [1.165, 1.54) is 0 Å². The van der Waals surface area contributed by atoms with E-state index < -0.39 is 0 Å². The van der Waals surface area contributed by atoms with Gasteiger partial charge in [0, 0.05) is 48.7 Å². The minimum atomic E-state index is -0.0153. The summed E-state index contributed by atoms with van der Waals surface area (Å²) in [4.78, 5) is 26.6. The monoisotopic (exact) mass is 337 g/mol. The van der Waals surface area contributed by atoms with E-state index in [4.69, 9.17) is 0 Å². The highest BCUT2D eigenvalue weighted by atomic mass is 16.2. The van der Waals surface area contributed by atoms with Crippen LogP contribution in [0.15, 0.2) is 48.8 Å². The molecule has 1 N–H and O–H groups in total. The Morgan fingerprint density at radius 2 is 1.64 bits per heavy atom. The lowest BCUT2D eigenvalue weighted by atomic mass is 9.95. The highest BCUT2D eigenvalue weighted by molar-refractivity contribution is 5.93. The number of carbonyl (C=O) groups excluding carboxylic acids is 2. The number of piperidine rings is 1. The molecule has 2 aromatic rings. The van der Waals surface area contributed by atoms with E-state index in [0.29, 0.717) is 19.0 Å². The SMILES string of the molecule is O=C(Nc1cccc(-n2cccc2)c1)C1CCN(C(=O)C2CC2)CC1. The highest BCUT2D eigenvalue weighted by Gasteiger charge is 2.35. The standard InChI is InChI=1S/C20H23N3O2/c24-19(15-8-12-23(13-9-15)20(25)16-6-7-16)21-17-4-3-5-18(14-17)22-10-1-2-11-22/h1-5,10-11,14-16H,6-9,12-13H2,(H,21,24). The van der Waals surface area contributed by atoms with Crippen LogP contribution in [-0.2, 0) is 9.59 Å². The number of amides is 2. The molecular formula is C20H23N3O2. The van der Waals surface area contributed by atoms with Gasteiger partial charge in [0.15, 0.2) is 0 Å². The molecule has 1 aromatic carbocycles. The molecule has 2 fully saturated rings. The maximum Gasteiger partial charge on any atom is 0.227 e. The van der Waals surface area contributed by atoms with Gasteiger partial charge in [0.1, 0.15) is 0 Å². The minimum absolute atomic E-state index is 0.0153. The van der Waals surface area contributed by atoms with Crippen molar-refractivity contribution in [1.82, 2.24) is 9.47 Å². The second-order valence-electron chi connectivity index (χ2n) is 7.00. The van der Waals surface area contributed by atoms with Gasteiger partial charge in [-0.2, -0.15) is 0 Å². The van der Waals surface area contributed by atoms with Crippen LogP contribution in [0, 0.1) is 11.8 Å². The predicted molar refractivity (Wildman–Crippen MR) is 96.4 cm³/mol. The third-order valence-electron chi connectivity index (χ3n) is 5.12. The molecule has 1 saturated heterocycles. The molecule has 1 aromatic heterocycles. The van der Waals surface area contributed by atoms with Crippen molar-refractivity contribution in [2.45, 2.75) is 25.7 Å². The number of hydrogen-bond donors (Lipinski definition) is 1. The first-order chi connectivity index (χ1) is 12.2. The molecule has 2 aliphatic rings. The Labute approximate surface area is 147 Å². The third kappa shape index (κ3) is 3.60. The third-order valence-corrected chi connectivity index (χ3v) is 5.12. The fourth-order valence-corrected chi connectivity index (χ4v) is 3.45. The lowest BCUT2D eigenvalue weighted by molar-refractivity contribution is -0.135. The zero-order valence-corrected chi connectivity index (χ0v) is 14.2. The summed E-state index contributed by atoms with van der Waals surface area (Å²) in [5.41, 5.74) is 1.83. The second kappa shape index (κ2) is 6.75. The van der Waals surface area contributed by atoms with Crippen LogP contribution < -0.4 is 5.32 Å². The van der Waals surface area contributed by atoms with Crippen molar-refractivity contribution in [3.05, 3.63) is 48.8 Å². The van der Waals surface area contributed by atoms with Gasteiger partial charge < -0.3 is 14.8 Å². The van der Waals surface area contributed by atoms with Gasteiger partial charge in [-0.1, -0.05) is 6.07 Å². The molecule has 4 rings (SSSR count). The van der Waals surface area contributed by atoms with E-state index >= 15 is 0 Å². The molecule has 5 nitrogen and oxygen atoms in total. The number of aromatic nitrogens is 1. The summed E-state index contributed by atoms with van der Waals surface area (Å²) in [6.07, 6.45) is 7.54. The van der Waals surface area contributed by atoms with Crippen LogP contribution in [0.3, 0.4) is 0 Å². The van der Waals surface area contributed by atoms with Crippen molar-refractivity contribution >= 4 is 17.5 Å². The van der Waals surface area contributed by atoms with Crippen LogP contribution in [0.5, 0.6) is 0 Å². The molecule has 0 atom stereocenters. The lowest BCUT2D eigenvalue weighted by Gasteiger charge is -2.31. The highest BCUT2D eigenvalue weighted by Crippen LogP contribution is 2.32. The molecule has 1 aliphatic heterocycles. The molecule has 0 unspecified atom stereocenters. The molecule has 0 radical (unpaired) electrons. The number of rotatable bonds is 4. The molecule has 2 heterocycles. The van der Waals surface area contributed by atoms with Gasteiger partial charge in [-0.15, -0.1) is 0 Å². The fraction of sp³-hybridized carbons (Fsp3) is 0.400. The number of hydrogen-bond acceptors (Lipinski definition) is 2. The van der Waals surface area contributed by atoms with Crippen molar-refractivity contribution in [3.63, 3.8) is 0 Å². The first-order valence-corrected chi connectivity index (χ1v) is 9.04. The van der Waals surface area contributed by atoms with Gasteiger partial charge in [0.2, 0.25) is 11.8 Å². The molecule has 2 amide bonds. The van der Waals surface area contributed by atoms with Crippen LogP contribution in [0.4, 0.5) is 5.69 Å². The van der Waals surface area contributed by atoms with Crippen LogP contribution in [0.25, 0.3) is 5.69 Å². The molecule has 0 spiro atoms. The van der Waals surface area contributed by atoms with Gasteiger partial charge in [-0.3, -0.25) is 9.59 Å². The summed E-state index contributed by atoms with van der Waals surface area (Å²) in [7, 11) is 0. The minimum Gasteiger partial charge on any atom is -0.342 e. The summed E-state index contributed by atoms with van der Waals surface area (Å²) in [6, 6.07) is 11.8. The van der Waals surface area contributed by atoms with Crippen molar-refractivity contribution in [2.75, 3.05) is 18.4 Å². The first-order valence-electron chi connectivity index (χ1n) is 9.04. The van der Waals surface area contributed by atoms with Gasteiger partial charge in [0.25, 0.3) is 0 Å². The number of anilines is 1. The van der Waals surface area contributed by atoms with E-state index in [0.717, 1.165) is 37.1 Å². The molecule has 1 saturated carbocycles. The van der Waals surface area contributed by atoms with Crippen molar-refractivity contribution in [1.29, 1.82) is 0 Å². The fourth-order valence-electron chi connectivity index (χ4n) is 3.45. The second-order valence-corrected chi connectivity index (χ2v) is 7.00. The van der Waals surface area contributed by atoms with Crippen LogP contribution in [0.1, 0.15) is 25.7 Å². The quantitative estimate of drug-likeness (QED) is 0.932. The van der Waals surface area contributed by atoms with Gasteiger partial charge in [0.05, 0.1) is 0 Å². The van der Waals surface area contributed by atoms with Crippen LogP contribution in [0.2, 0.25) is 0 Å². The zero-order valence-electron chi connectivity index (χ0n) is 14.2. The lowest BCUT2D eigenvalue weighted by Crippen LogP contribution is -2.42. The van der Waals surface area contributed by atoms with Gasteiger partial charge >= 0.3 is 0 Å². The van der Waals surface area contributed by atoms with Crippen molar-refractivity contribution in [3.8, 4) is 5.69 Å². The van der Waals surface area contributed by atoms with Gasteiger partial charge in [-0.05, 0) is 56.0 Å².